The molecule has 22 heavy (non-hydrogen) atoms. The van der Waals surface area contributed by atoms with Gasteiger partial charge >= 0.3 is 0 Å². The van der Waals surface area contributed by atoms with Crippen LogP contribution >= 0.6 is 12.4 Å². The molecule has 1 aromatic heterocycles. The normalized spacial score (nSPS) is 22.6. The minimum atomic E-state index is -3.51. The summed E-state index contributed by atoms with van der Waals surface area (Å²) in [5, 5.41) is 1.55. The second kappa shape index (κ2) is 6.50. The van der Waals surface area contributed by atoms with Gasteiger partial charge in [-0.25, -0.2) is 8.42 Å². The van der Waals surface area contributed by atoms with Gasteiger partial charge in [-0.1, -0.05) is 12.1 Å². The maximum atomic E-state index is 13.0. The lowest BCUT2D eigenvalue weighted by Crippen LogP contribution is -2.34. The summed E-state index contributed by atoms with van der Waals surface area (Å²) >= 11 is 0. The predicted octanol–water partition coefficient (Wildman–Crippen LogP) is 2.01. The Labute approximate surface area is 137 Å². The van der Waals surface area contributed by atoms with Gasteiger partial charge in [-0.05, 0) is 37.9 Å². The third-order valence-corrected chi connectivity index (χ3v) is 6.20. The molecule has 0 spiro atoms. The van der Waals surface area contributed by atoms with Gasteiger partial charge in [-0.3, -0.25) is 4.98 Å². The highest BCUT2D eigenvalue weighted by Gasteiger charge is 2.37. The summed E-state index contributed by atoms with van der Waals surface area (Å²) in [6, 6.07) is 7.04. The van der Waals surface area contributed by atoms with Crippen LogP contribution in [0.3, 0.4) is 0 Å². The van der Waals surface area contributed by atoms with Crippen molar-refractivity contribution in [3.8, 4) is 0 Å². The maximum absolute atomic E-state index is 13.0. The number of benzene rings is 1. The van der Waals surface area contributed by atoms with Gasteiger partial charge in [0.15, 0.2) is 0 Å². The Balaban J connectivity index is 0.00000176. The van der Waals surface area contributed by atoms with E-state index in [1.54, 1.807) is 34.9 Å². The molecule has 2 aromatic rings. The summed E-state index contributed by atoms with van der Waals surface area (Å²) in [5.41, 5.74) is 5.70. The molecule has 1 aromatic carbocycles. The Hall–Kier alpha value is -1.21. The number of aromatic nitrogens is 1. The number of nitrogens with two attached hydrogens (primary N) is 1. The van der Waals surface area contributed by atoms with E-state index in [0.717, 1.165) is 17.2 Å². The van der Waals surface area contributed by atoms with Crippen LogP contribution in [-0.2, 0) is 10.0 Å². The maximum Gasteiger partial charge on any atom is 0.243 e. The van der Waals surface area contributed by atoms with E-state index in [1.165, 1.54) is 0 Å². The molecule has 2 atom stereocenters. The lowest BCUT2D eigenvalue weighted by Gasteiger charge is -2.22. The monoisotopic (exact) mass is 341 g/mol. The first-order valence-electron chi connectivity index (χ1n) is 7.08. The lowest BCUT2D eigenvalue weighted by atomic mass is 10.1. The fourth-order valence-corrected chi connectivity index (χ4v) is 4.99. The summed E-state index contributed by atoms with van der Waals surface area (Å²) in [6.45, 7) is 2.97. The number of pyridine rings is 1. The molecule has 0 radical (unpaired) electrons. The average molecular weight is 342 g/mol. The van der Waals surface area contributed by atoms with Crippen molar-refractivity contribution in [2.75, 3.05) is 13.1 Å². The molecule has 2 heterocycles. The number of rotatable bonds is 3. The molecular formula is C15H20ClN3O2S. The first-order valence-corrected chi connectivity index (χ1v) is 8.52. The van der Waals surface area contributed by atoms with Gasteiger partial charge in [0.2, 0.25) is 10.0 Å². The van der Waals surface area contributed by atoms with Crippen LogP contribution in [0.5, 0.6) is 0 Å². The average Bonchev–Trinajstić information content (AvgIpc) is 2.88. The second-order valence-corrected chi connectivity index (χ2v) is 7.47. The molecule has 120 valence electrons. The summed E-state index contributed by atoms with van der Waals surface area (Å²) in [6.07, 6.45) is 4.13. The third kappa shape index (κ3) is 2.84. The number of halogens is 1. The van der Waals surface area contributed by atoms with Crippen LogP contribution in [0.2, 0.25) is 0 Å². The molecule has 1 fully saturated rings. The molecule has 5 nitrogen and oxygen atoms in total. The molecule has 2 N–H and O–H groups in total. The number of fused-ring (bicyclic) bond motifs is 1. The van der Waals surface area contributed by atoms with Crippen LogP contribution in [0.1, 0.15) is 13.3 Å². The zero-order chi connectivity index (χ0) is 15.0. The molecule has 1 aliphatic rings. The number of sulfonamides is 1. The van der Waals surface area contributed by atoms with Gasteiger partial charge in [0.25, 0.3) is 0 Å². The van der Waals surface area contributed by atoms with Crippen molar-refractivity contribution >= 4 is 33.2 Å². The fourth-order valence-electron chi connectivity index (χ4n) is 3.06. The first-order chi connectivity index (χ1) is 10.0. The third-order valence-electron chi connectivity index (χ3n) is 4.16. The molecule has 2 unspecified atom stereocenters. The number of nitrogens with zero attached hydrogens (tertiary/aromatic N) is 2. The van der Waals surface area contributed by atoms with Crippen LogP contribution in [0, 0.1) is 5.92 Å². The lowest BCUT2D eigenvalue weighted by molar-refractivity contribution is 0.405. The molecular weight excluding hydrogens is 322 g/mol. The van der Waals surface area contributed by atoms with Gasteiger partial charge in [0.1, 0.15) is 0 Å². The van der Waals surface area contributed by atoms with Crippen LogP contribution in [0.25, 0.3) is 10.8 Å². The van der Waals surface area contributed by atoms with Crippen molar-refractivity contribution in [2.24, 2.45) is 11.7 Å². The van der Waals surface area contributed by atoms with E-state index in [9.17, 15) is 8.42 Å². The van der Waals surface area contributed by atoms with Gasteiger partial charge in [0, 0.05) is 35.8 Å². The zero-order valence-corrected chi connectivity index (χ0v) is 14.0. The Morgan fingerprint density at radius 1 is 1.36 bits per heavy atom. The minimum absolute atomic E-state index is 0. The molecule has 0 amide bonds. The van der Waals surface area contributed by atoms with Crippen molar-refractivity contribution in [3.05, 3.63) is 36.7 Å². The van der Waals surface area contributed by atoms with Crippen LogP contribution < -0.4 is 5.73 Å². The fraction of sp³-hybridized carbons (Fsp3) is 0.400. The van der Waals surface area contributed by atoms with Crippen molar-refractivity contribution in [1.82, 2.24) is 9.29 Å². The highest BCUT2D eigenvalue weighted by atomic mass is 35.5. The van der Waals surface area contributed by atoms with Crippen LogP contribution in [0.4, 0.5) is 0 Å². The molecule has 1 aliphatic heterocycles. The Morgan fingerprint density at radius 3 is 2.82 bits per heavy atom. The summed E-state index contributed by atoms with van der Waals surface area (Å²) < 4.78 is 27.6. The molecule has 0 aliphatic carbocycles. The van der Waals surface area contributed by atoms with Gasteiger partial charge < -0.3 is 5.73 Å². The van der Waals surface area contributed by atoms with E-state index in [4.69, 9.17) is 5.73 Å². The Kier molecular flexibility index (Phi) is 5.07. The second-order valence-electron chi connectivity index (χ2n) is 5.61. The Bertz CT molecular complexity index is 761. The summed E-state index contributed by atoms with van der Waals surface area (Å²) in [4.78, 5) is 4.40. The summed E-state index contributed by atoms with van der Waals surface area (Å²) in [5.74, 6) is 0.242. The molecule has 0 saturated carbocycles. The largest absolute Gasteiger partial charge is 0.330 e. The van der Waals surface area contributed by atoms with E-state index >= 15 is 0 Å². The molecule has 1 saturated heterocycles. The van der Waals surface area contributed by atoms with Gasteiger partial charge in [-0.2, -0.15) is 4.31 Å². The van der Waals surface area contributed by atoms with E-state index in [-0.39, 0.29) is 24.4 Å². The van der Waals surface area contributed by atoms with E-state index in [1.807, 2.05) is 13.0 Å². The topological polar surface area (TPSA) is 76.3 Å². The van der Waals surface area contributed by atoms with Crippen molar-refractivity contribution in [3.63, 3.8) is 0 Å². The molecule has 7 heteroatoms. The standard InChI is InChI=1S/C15H19N3O2S.ClH/c1-11-7-12(8-16)10-18(11)21(19,20)15-4-2-3-13-9-17-6-5-14(13)15;/h2-6,9,11-12H,7-8,10,16H2,1H3;1H. The smallest absolute Gasteiger partial charge is 0.243 e. The predicted molar refractivity (Wildman–Crippen MR) is 89.5 cm³/mol. The van der Waals surface area contributed by atoms with Gasteiger partial charge in [0.05, 0.1) is 4.90 Å². The van der Waals surface area contributed by atoms with Crippen LogP contribution in [0.15, 0.2) is 41.6 Å². The SMILES string of the molecule is CC1CC(CN)CN1S(=O)(=O)c1cccc2cnccc12.Cl. The number of hydrogen-bond donors (Lipinski definition) is 1. The highest BCUT2D eigenvalue weighted by Crippen LogP contribution is 2.31. The van der Waals surface area contributed by atoms with E-state index in [2.05, 4.69) is 4.98 Å². The number of hydrogen-bond acceptors (Lipinski definition) is 4. The van der Waals surface area contributed by atoms with E-state index < -0.39 is 10.0 Å². The van der Waals surface area contributed by atoms with Gasteiger partial charge in [-0.15, -0.1) is 12.4 Å². The quantitative estimate of drug-likeness (QED) is 0.926. The highest BCUT2D eigenvalue weighted by molar-refractivity contribution is 7.89. The van der Waals surface area contributed by atoms with Crippen LogP contribution in [-0.4, -0.2) is 36.8 Å². The summed E-state index contributed by atoms with van der Waals surface area (Å²) in [7, 11) is -3.51. The zero-order valence-electron chi connectivity index (χ0n) is 12.3. The Morgan fingerprint density at radius 2 is 2.14 bits per heavy atom. The minimum Gasteiger partial charge on any atom is -0.330 e. The van der Waals surface area contributed by atoms with Crippen molar-refractivity contribution in [1.29, 1.82) is 0 Å². The first kappa shape index (κ1) is 17.1. The van der Waals surface area contributed by atoms with Crippen molar-refractivity contribution in [2.45, 2.75) is 24.3 Å². The van der Waals surface area contributed by atoms with Crippen molar-refractivity contribution < 1.29 is 8.42 Å². The molecule has 0 bridgehead atoms. The molecule has 3 rings (SSSR count). The van der Waals surface area contributed by atoms with E-state index in [0.29, 0.717) is 18.0 Å².